The minimum atomic E-state index is 0.443. The van der Waals surface area contributed by atoms with E-state index in [1.54, 1.807) is 29.5 Å². The molecule has 2 aromatic rings. The molecule has 1 aromatic carbocycles. The van der Waals surface area contributed by atoms with Crippen LogP contribution in [0.3, 0.4) is 0 Å². The third kappa shape index (κ3) is 3.31. The number of ether oxygens (including phenoxy) is 1. The monoisotopic (exact) mass is 330 g/mol. The van der Waals surface area contributed by atoms with E-state index < -0.39 is 0 Å². The van der Waals surface area contributed by atoms with E-state index in [2.05, 4.69) is 15.9 Å². The molecule has 0 N–H and O–H groups in total. The summed E-state index contributed by atoms with van der Waals surface area (Å²) in [5, 5.41) is 0.526. The van der Waals surface area contributed by atoms with Crippen molar-refractivity contribution in [1.29, 1.82) is 0 Å². The molecule has 1 aromatic heterocycles. The lowest BCUT2D eigenvalue weighted by molar-refractivity contribution is 0.111. The van der Waals surface area contributed by atoms with E-state index in [1.807, 2.05) is 12.1 Å². The highest BCUT2D eigenvalue weighted by molar-refractivity contribution is 9.11. The Kier molecular flexibility index (Phi) is 4.20. The largest absolute Gasteiger partial charge is 0.487 e. The van der Waals surface area contributed by atoms with Gasteiger partial charge in [-0.3, -0.25) is 4.79 Å². The summed E-state index contributed by atoms with van der Waals surface area (Å²) in [5.74, 6) is 0.550. The molecule has 2 nitrogen and oxygen atoms in total. The summed E-state index contributed by atoms with van der Waals surface area (Å²) in [6, 6.07) is 8.94. The van der Waals surface area contributed by atoms with Crippen molar-refractivity contribution in [3.05, 3.63) is 49.6 Å². The van der Waals surface area contributed by atoms with Crippen LogP contribution in [0.4, 0.5) is 0 Å². The Morgan fingerprint density at radius 2 is 2.18 bits per heavy atom. The molecule has 0 unspecified atom stereocenters. The van der Waals surface area contributed by atoms with Crippen molar-refractivity contribution < 1.29 is 9.53 Å². The molecular weight excluding hydrogens is 324 g/mol. The summed E-state index contributed by atoms with van der Waals surface area (Å²) in [6.45, 7) is 0.443. The Bertz CT molecular complexity index is 539. The fourth-order valence-electron chi connectivity index (χ4n) is 1.32. The smallest absolute Gasteiger partial charge is 0.153 e. The lowest BCUT2D eigenvalue weighted by Gasteiger charge is -2.07. The quantitative estimate of drug-likeness (QED) is 0.768. The molecule has 88 valence electrons. The fraction of sp³-hybridized carbons (Fsp3) is 0.0833. The maximum Gasteiger partial charge on any atom is 0.153 e. The molecule has 0 aliphatic heterocycles. The molecule has 0 atom stereocenters. The van der Waals surface area contributed by atoms with Gasteiger partial charge in [0.1, 0.15) is 12.4 Å². The Morgan fingerprint density at radius 1 is 1.35 bits per heavy atom. The van der Waals surface area contributed by atoms with Gasteiger partial charge >= 0.3 is 0 Å². The van der Waals surface area contributed by atoms with Crippen molar-refractivity contribution in [2.75, 3.05) is 0 Å². The first-order valence-corrected chi connectivity index (χ1v) is 6.79. The van der Waals surface area contributed by atoms with Crippen molar-refractivity contribution in [3.8, 4) is 5.75 Å². The zero-order chi connectivity index (χ0) is 12.3. The SMILES string of the molecule is O=Cc1cc(Cl)ccc1OCc1ccc(Br)s1. The molecular formula is C12H8BrClO2S. The Morgan fingerprint density at radius 3 is 2.82 bits per heavy atom. The number of halogens is 2. The van der Waals surface area contributed by atoms with Crippen LogP contribution in [0, 0.1) is 0 Å². The summed E-state index contributed by atoms with van der Waals surface area (Å²) < 4.78 is 6.64. The third-order valence-electron chi connectivity index (χ3n) is 2.10. The predicted octanol–water partition coefficient (Wildman–Crippen LogP) is 4.56. The maximum absolute atomic E-state index is 10.9. The molecule has 0 aliphatic rings. The van der Waals surface area contributed by atoms with Crippen LogP contribution < -0.4 is 4.74 Å². The molecule has 17 heavy (non-hydrogen) atoms. The van der Waals surface area contributed by atoms with Crippen LogP contribution in [0.15, 0.2) is 34.1 Å². The van der Waals surface area contributed by atoms with Gasteiger partial charge < -0.3 is 4.74 Å². The van der Waals surface area contributed by atoms with Gasteiger partial charge in [-0.1, -0.05) is 11.6 Å². The second-order valence-corrected chi connectivity index (χ2v) is 6.28. The zero-order valence-electron chi connectivity index (χ0n) is 8.65. The van der Waals surface area contributed by atoms with Gasteiger partial charge in [0.15, 0.2) is 6.29 Å². The molecule has 0 radical (unpaired) electrons. The zero-order valence-corrected chi connectivity index (χ0v) is 11.8. The molecule has 0 saturated heterocycles. The number of benzene rings is 1. The summed E-state index contributed by atoms with van der Waals surface area (Å²) in [4.78, 5) is 11.9. The Labute approximate surface area is 116 Å². The Balaban J connectivity index is 2.11. The first-order valence-electron chi connectivity index (χ1n) is 4.81. The first kappa shape index (κ1) is 12.6. The predicted molar refractivity (Wildman–Crippen MR) is 73.2 cm³/mol. The molecule has 0 aliphatic carbocycles. The number of thiophene rings is 1. The fourth-order valence-corrected chi connectivity index (χ4v) is 2.90. The van der Waals surface area contributed by atoms with E-state index in [9.17, 15) is 4.79 Å². The van der Waals surface area contributed by atoms with Crippen LogP contribution >= 0.6 is 38.9 Å². The van der Waals surface area contributed by atoms with Gasteiger partial charge in [0.2, 0.25) is 0 Å². The van der Waals surface area contributed by atoms with E-state index in [0.29, 0.717) is 22.9 Å². The highest BCUT2D eigenvalue weighted by atomic mass is 79.9. The molecule has 1 heterocycles. The van der Waals surface area contributed by atoms with Crippen LogP contribution in [0.1, 0.15) is 15.2 Å². The van der Waals surface area contributed by atoms with Crippen molar-refractivity contribution in [2.45, 2.75) is 6.61 Å². The number of rotatable bonds is 4. The first-order chi connectivity index (χ1) is 8.19. The van der Waals surface area contributed by atoms with Gasteiger partial charge in [0.25, 0.3) is 0 Å². The standard InChI is InChI=1S/C12H8BrClO2S/c13-12-4-2-10(17-12)7-16-11-3-1-9(14)5-8(11)6-15/h1-6H,7H2. The molecule has 2 rings (SSSR count). The van der Waals surface area contributed by atoms with Gasteiger partial charge in [-0.25, -0.2) is 0 Å². The molecule has 5 heteroatoms. The highest BCUT2D eigenvalue weighted by Crippen LogP contribution is 2.25. The molecule has 0 amide bonds. The third-order valence-corrected chi connectivity index (χ3v) is 3.93. The molecule has 0 bridgehead atoms. The second kappa shape index (κ2) is 5.67. The lowest BCUT2D eigenvalue weighted by Crippen LogP contribution is -1.96. The summed E-state index contributed by atoms with van der Waals surface area (Å²) in [5.41, 5.74) is 0.466. The van der Waals surface area contributed by atoms with Crippen molar-refractivity contribution >= 4 is 45.2 Å². The van der Waals surface area contributed by atoms with Gasteiger partial charge in [-0.15, -0.1) is 11.3 Å². The number of aldehydes is 1. The van der Waals surface area contributed by atoms with Crippen molar-refractivity contribution in [2.24, 2.45) is 0 Å². The van der Waals surface area contributed by atoms with E-state index in [0.717, 1.165) is 14.9 Å². The summed E-state index contributed by atoms with van der Waals surface area (Å²) >= 11 is 10.8. The van der Waals surface area contributed by atoms with Crippen molar-refractivity contribution in [1.82, 2.24) is 0 Å². The van der Waals surface area contributed by atoms with Gasteiger partial charge in [0.05, 0.1) is 9.35 Å². The highest BCUT2D eigenvalue weighted by Gasteiger charge is 2.05. The van der Waals surface area contributed by atoms with E-state index >= 15 is 0 Å². The van der Waals surface area contributed by atoms with Crippen LogP contribution in [0.2, 0.25) is 5.02 Å². The van der Waals surface area contributed by atoms with Crippen LogP contribution in [0.5, 0.6) is 5.75 Å². The number of carbonyl (C=O) groups is 1. The number of carbonyl (C=O) groups excluding carboxylic acids is 1. The normalized spacial score (nSPS) is 10.2. The van der Waals surface area contributed by atoms with Gasteiger partial charge in [0, 0.05) is 9.90 Å². The van der Waals surface area contributed by atoms with E-state index in [-0.39, 0.29) is 0 Å². The van der Waals surface area contributed by atoms with E-state index in [4.69, 9.17) is 16.3 Å². The Hall–Kier alpha value is -0.840. The van der Waals surface area contributed by atoms with Crippen LogP contribution in [0.25, 0.3) is 0 Å². The van der Waals surface area contributed by atoms with Crippen LogP contribution in [-0.4, -0.2) is 6.29 Å². The topological polar surface area (TPSA) is 26.3 Å². The van der Waals surface area contributed by atoms with Crippen LogP contribution in [-0.2, 0) is 6.61 Å². The van der Waals surface area contributed by atoms with Gasteiger partial charge in [-0.2, -0.15) is 0 Å². The van der Waals surface area contributed by atoms with Crippen molar-refractivity contribution in [3.63, 3.8) is 0 Å². The summed E-state index contributed by atoms with van der Waals surface area (Å²) in [6.07, 6.45) is 0.742. The number of hydrogen-bond donors (Lipinski definition) is 0. The van der Waals surface area contributed by atoms with E-state index in [1.165, 1.54) is 0 Å². The average Bonchev–Trinajstić information content (AvgIpc) is 2.73. The number of hydrogen-bond acceptors (Lipinski definition) is 3. The molecule has 0 spiro atoms. The minimum absolute atomic E-state index is 0.443. The maximum atomic E-state index is 10.9. The summed E-state index contributed by atoms with van der Waals surface area (Å²) in [7, 11) is 0. The van der Waals surface area contributed by atoms with Gasteiger partial charge in [-0.05, 0) is 46.3 Å². The average molecular weight is 332 g/mol. The lowest BCUT2D eigenvalue weighted by atomic mass is 10.2. The second-order valence-electron chi connectivity index (χ2n) is 3.29. The molecule has 0 saturated carbocycles. The molecule has 0 fully saturated rings. The minimum Gasteiger partial charge on any atom is -0.487 e.